The fraction of sp³-hybridized carbons (Fsp3) is 0.875. The quantitative estimate of drug-likeness (QED) is 0.461. The Morgan fingerprint density at radius 2 is 1.71 bits per heavy atom. The van der Waals surface area contributed by atoms with Gasteiger partial charge in [0.2, 0.25) is 0 Å². The smallest absolute Gasteiger partial charge is 0.00478 e. The molecule has 0 aromatic rings. The van der Waals surface area contributed by atoms with Crippen LogP contribution in [0.2, 0.25) is 0 Å². The Morgan fingerprint density at radius 1 is 0.882 bits per heavy atom. The fourth-order valence-corrected chi connectivity index (χ4v) is 5.50. The third-order valence-corrected chi connectivity index (χ3v) is 6.37. The maximum Gasteiger partial charge on any atom is 0.00478 e. The zero-order valence-electron chi connectivity index (χ0n) is 10.9. The Hall–Kier alpha value is 0.0900. The fourth-order valence-electron chi connectivity index (χ4n) is 4.95. The van der Waals surface area contributed by atoms with Crippen LogP contribution >= 0.6 is 12.6 Å². The Balaban J connectivity index is 1.78. The molecule has 0 N–H and O–H groups in total. The van der Waals surface area contributed by atoms with Crippen molar-refractivity contribution in [3.8, 4) is 0 Å². The molecule has 1 heteroatoms. The van der Waals surface area contributed by atoms with Gasteiger partial charge in [-0.25, -0.2) is 0 Å². The van der Waals surface area contributed by atoms with Crippen molar-refractivity contribution in [3.05, 3.63) is 12.2 Å². The molecule has 0 heterocycles. The molecule has 0 saturated heterocycles. The van der Waals surface area contributed by atoms with Crippen molar-refractivity contribution in [3.63, 3.8) is 0 Å². The molecule has 3 unspecified atom stereocenters. The molecule has 0 aliphatic heterocycles. The molecule has 3 rings (SSSR count). The van der Waals surface area contributed by atoms with Crippen molar-refractivity contribution in [2.24, 2.45) is 23.7 Å². The lowest BCUT2D eigenvalue weighted by atomic mass is 9.60. The number of allylic oxidation sites excluding steroid dienone is 1. The van der Waals surface area contributed by atoms with Crippen LogP contribution in [0.15, 0.2) is 12.2 Å². The predicted molar refractivity (Wildman–Crippen MR) is 77.4 cm³/mol. The van der Waals surface area contributed by atoms with Gasteiger partial charge < -0.3 is 0 Å². The zero-order valence-corrected chi connectivity index (χ0v) is 11.8. The van der Waals surface area contributed by atoms with E-state index in [1.807, 2.05) is 0 Å². The van der Waals surface area contributed by atoms with Crippen molar-refractivity contribution in [1.29, 1.82) is 0 Å². The summed E-state index contributed by atoms with van der Waals surface area (Å²) in [5.41, 5.74) is 1.54. The van der Waals surface area contributed by atoms with E-state index in [0.717, 1.165) is 23.7 Å². The molecule has 0 aromatic heterocycles. The summed E-state index contributed by atoms with van der Waals surface area (Å²) in [7, 11) is 0. The largest absolute Gasteiger partial charge is 0.176 e. The summed E-state index contributed by atoms with van der Waals surface area (Å²) in [6, 6.07) is 0. The van der Waals surface area contributed by atoms with E-state index >= 15 is 0 Å². The summed E-state index contributed by atoms with van der Waals surface area (Å²) in [5.74, 6) is 3.95. The summed E-state index contributed by atoms with van der Waals surface area (Å²) < 4.78 is 0. The molecule has 0 nitrogen and oxygen atoms in total. The molecule has 0 radical (unpaired) electrons. The molecule has 3 fully saturated rings. The van der Waals surface area contributed by atoms with Gasteiger partial charge in [-0.3, -0.25) is 0 Å². The first-order valence-electron chi connectivity index (χ1n) is 7.60. The van der Waals surface area contributed by atoms with Gasteiger partial charge in [-0.05, 0) is 75.0 Å². The molecule has 3 aliphatic carbocycles. The molecule has 0 amide bonds. The summed E-state index contributed by atoms with van der Waals surface area (Å²) in [6.45, 7) is 4.27. The van der Waals surface area contributed by atoms with E-state index in [1.165, 1.54) is 63.4 Å². The minimum Gasteiger partial charge on any atom is -0.176 e. The van der Waals surface area contributed by atoms with Crippen LogP contribution in [0.5, 0.6) is 0 Å². The van der Waals surface area contributed by atoms with E-state index in [2.05, 4.69) is 6.58 Å². The lowest BCUT2D eigenvalue weighted by Crippen LogP contribution is -2.40. The van der Waals surface area contributed by atoms with E-state index < -0.39 is 0 Å². The number of rotatable bonds is 0. The summed E-state index contributed by atoms with van der Waals surface area (Å²) in [5, 5.41) is 0.709. The van der Waals surface area contributed by atoms with Crippen LogP contribution in [0, 0.1) is 23.7 Å². The Labute approximate surface area is 112 Å². The standard InChI is InChI=1S/C16H26S/c1-11-4-2-5-13-12(10-11)8-9-15-14(13)6-3-7-16(15)17/h12-17H,1-10H2/t12-,13+,14?,15?,16?/m0/s1. The second-order valence-electron chi connectivity index (χ2n) is 6.67. The second kappa shape index (κ2) is 4.99. The van der Waals surface area contributed by atoms with Crippen LogP contribution in [0.4, 0.5) is 0 Å². The normalized spacial score (nSPS) is 46.9. The van der Waals surface area contributed by atoms with Gasteiger partial charge in [0, 0.05) is 5.25 Å². The van der Waals surface area contributed by atoms with Crippen molar-refractivity contribution in [2.75, 3.05) is 0 Å². The summed E-state index contributed by atoms with van der Waals surface area (Å²) in [4.78, 5) is 0. The van der Waals surface area contributed by atoms with E-state index in [0.29, 0.717) is 5.25 Å². The molecule has 3 aliphatic rings. The van der Waals surface area contributed by atoms with Crippen LogP contribution < -0.4 is 0 Å². The molecule has 0 aromatic carbocycles. The number of hydrogen-bond donors (Lipinski definition) is 1. The predicted octanol–water partition coefficient (Wildman–Crippen LogP) is 4.86. The first-order valence-corrected chi connectivity index (χ1v) is 8.12. The van der Waals surface area contributed by atoms with Gasteiger partial charge in [0.1, 0.15) is 0 Å². The van der Waals surface area contributed by atoms with E-state index in [4.69, 9.17) is 12.6 Å². The highest BCUT2D eigenvalue weighted by molar-refractivity contribution is 7.81. The number of thiol groups is 1. The summed E-state index contributed by atoms with van der Waals surface area (Å²) >= 11 is 4.87. The van der Waals surface area contributed by atoms with Crippen LogP contribution in [-0.4, -0.2) is 5.25 Å². The Bertz CT molecular complexity index is 296. The average molecular weight is 250 g/mol. The van der Waals surface area contributed by atoms with Crippen LogP contribution in [0.1, 0.15) is 57.8 Å². The minimum absolute atomic E-state index is 0.709. The van der Waals surface area contributed by atoms with Crippen LogP contribution in [-0.2, 0) is 0 Å². The van der Waals surface area contributed by atoms with Crippen molar-refractivity contribution in [1.82, 2.24) is 0 Å². The first kappa shape index (κ1) is 12.1. The van der Waals surface area contributed by atoms with Crippen molar-refractivity contribution < 1.29 is 0 Å². The number of hydrogen-bond acceptors (Lipinski definition) is 1. The Kier molecular flexibility index (Phi) is 3.57. The highest BCUT2D eigenvalue weighted by Gasteiger charge is 2.43. The lowest BCUT2D eigenvalue weighted by molar-refractivity contribution is 0.0567. The zero-order chi connectivity index (χ0) is 11.8. The second-order valence-corrected chi connectivity index (χ2v) is 7.34. The van der Waals surface area contributed by atoms with Crippen LogP contribution in [0.25, 0.3) is 0 Å². The van der Waals surface area contributed by atoms with Gasteiger partial charge in [-0.1, -0.05) is 18.6 Å². The summed E-state index contributed by atoms with van der Waals surface area (Å²) in [6.07, 6.45) is 12.7. The van der Waals surface area contributed by atoms with Gasteiger partial charge in [0.05, 0.1) is 0 Å². The SMILES string of the molecule is C=C1CCC[C@H]2C3CCCC(S)C3CC[C@H]2C1. The van der Waals surface area contributed by atoms with Crippen molar-refractivity contribution >= 4 is 12.6 Å². The van der Waals surface area contributed by atoms with Gasteiger partial charge in [-0.2, -0.15) is 12.6 Å². The number of fused-ring (bicyclic) bond motifs is 3. The first-order chi connectivity index (χ1) is 8.25. The van der Waals surface area contributed by atoms with Gasteiger partial charge >= 0.3 is 0 Å². The van der Waals surface area contributed by atoms with Crippen molar-refractivity contribution in [2.45, 2.75) is 63.0 Å². The van der Waals surface area contributed by atoms with Gasteiger partial charge in [-0.15, -0.1) is 0 Å². The third-order valence-electron chi connectivity index (χ3n) is 5.73. The van der Waals surface area contributed by atoms with Crippen LogP contribution in [0.3, 0.4) is 0 Å². The topological polar surface area (TPSA) is 0 Å². The maximum atomic E-state index is 4.87. The minimum atomic E-state index is 0.709. The highest BCUT2D eigenvalue weighted by Crippen LogP contribution is 2.52. The van der Waals surface area contributed by atoms with Gasteiger partial charge in [0.25, 0.3) is 0 Å². The lowest BCUT2D eigenvalue weighted by Gasteiger charge is -2.47. The molecule has 5 atom stereocenters. The van der Waals surface area contributed by atoms with E-state index in [1.54, 1.807) is 0 Å². The maximum absolute atomic E-state index is 4.87. The van der Waals surface area contributed by atoms with Gasteiger partial charge in [0.15, 0.2) is 0 Å². The Morgan fingerprint density at radius 3 is 2.59 bits per heavy atom. The van der Waals surface area contributed by atoms with E-state index in [9.17, 15) is 0 Å². The third kappa shape index (κ3) is 2.32. The average Bonchev–Trinajstić information content (AvgIpc) is 2.50. The highest BCUT2D eigenvalue weighted by atomic mass is 32.1. The molecular weight excluding hydrogens is 224 g/mol. The monoisotopic (exact) mass is 250 g/mol. The van der Waals surface area contributed by atoms with E-state index in [-0.39, 0.29) is 0 Å². The molecular formula is C16H26S. The molecule has 3 saturated carbocycles. The molecule has 96 valence electrons. The molecule has 17 heavy (non-hydrogen) atoms. The molecule has 0 bridgehead atoms. The molecule has 0 spiro atoms.